The molecule has 1 aliphatic heterocycles. The summed E-state index contributed by atoms with van der Waals surface area (Å²) in [4.78, 5) is 23.7. The van der Waals surface area contributed by atoms with Crippen LogP contribution in [-0.2, 0) is 4.79 Å². The molecule has 0 aliphatic carbocycles. The number of phenols is 1. The summed E-state index contributed by atoms with van der Waals surface area (Å²) in [6, 6.07) is 9.26. The first kappa shape index (κ1) is 20.5. The Hall–Kier alpha value is -4.20. The van der Waals surface area contributed by atoms with Crippen LogP contribution in [-0.4, -0.2) is 33.5 Å². The molecule has 0 spiro atoms. The first-order valence-corrected chi connectivity index (χ1v) is 9.02. The number of carboxylic acids is 1. The van der Waals surface area contributed by atoms with Gasteiger partial charge in [0.2, 0.25) is 0 Å². The number of aromatic carboxylic acids is 1. The highest BCUT2D eigenvalue weighted by Gasteiger charge is 2.31. The number of hydrogen-bond donors (Lipinski definition) is 3. The zero-order valence-electron chi connectivity index (χ0n) is 16.5. The third-order valence-corrected chi connectivity index (χ3v) is 4.52. The van der Waals surface area contributed by atoms with Gasteiger partial charge in [-0.05, 0) is 49.7 Å². The van der Waals surface area contributed by atoms with Crippen LogP contribution in [0.3, 0.4) is 0 Å². The molecule has 0 saturated heterocycles. The van der Waals surface area contributed by atoms with Gasteiger partial charge >= 0.3 is 11.9 Å². The Morgan fingerprint density at radius 1 is 1.20 bits per heavy atom. The number of rotatable bonds is 6. The van der Waals surface area contributed by atoms with Gasteiger partial charge in [-0.2, -0.15) is 15.2 Å². The second kappa shape index (κ2) is 8.44. The largest absolute Gasteiger partial charge is 0.505 e. The van der Waals surface area contributed by atoms with Crippen LogP contribution in [0.5, 0.6) is 5.75 Å². The quantitative estimate of drug-likeness (QED) is 0.385. The van der Waals surface area contributed by atoms with Crippen LogP contribution in [0.15, 0.2) is 65.3 Å². The van der Waals surface area contributed by atoms with Crippen molar-refractivity contribution in [2.75, 3.05) is 10.4 Å². The number of aromatic hydroxyl groups is 1. The minimum atomic E-state index is -1.05. The molecule has 2 aromatic carbocycles. The fourth-order valence-electron chi connectivity index (χ4n) is 2.82. The van der Waals surface area contributed by atoms with E-state index in [-0.39, 0.29) is 17.0 Å². The van der Waals surface area contributed by atoms with Gasteiger partial charge in [0.1, 0.15) is 5.75 Å². The van der Waals surface area contributed by atoms with Crippen molar-refractivity contribution in [3.05, 3.63) is 71.8 Å². The topological polar surface area (TPSA) is 115 Å². The van der Waals surface area contributed by atoms with Crippen LogP contribution in [0.4, 0.5) is 11.4 Å². The molecular weight excluding hydrogens is 384 g/mol. The van der Waals surface area contributed by atoms with Crippen LogP contribution >= 0.6 is 0 Å². The zero-order valence-corrected chi connectivity index (χ0v) is 16.5. The second-order valence-electron chi connectivity index (χ2n) is 6.50. The molecule has 3 N–H and O–H groups in total. The second-order valence-corrected chi connectivity index (χ2v) is 6.50. The summed E-state index contributed by atoms with van der Waals surface area (Å²) in [6.07, 6.45) is 5.23. The fraction of sp³-hybridized carbons (Fsp3) is 0.0909. The number of hydrazone groups is 2. The van der Waals surface area contributed by atoms with E-state index < -0.39 is 11.9 Å². The van der Waals surface area contributed by atoms with Crippen molar-refractivity contribution in [3.8, 4) is 5.75 Å². The van der Waals surface area contributed by atoms with Crippen molar-refractivity contribution < 1.29 is 19.8 Å². The maximum absolute atomic E-state index is 12.7. The number of hydrogen-bond acceptors (Lipinski definition) is 6. The normalized spacial score (nSPS) is 15.0. The predicted octanol–water partition coefficient (Wildman–Crippen LogP) is 3.79. The molecule has 0 aromatic heterocycles. The minimum Gasteiger partial charge on any atom is -0.505 e. The molecular formula is C22H20N4O4. The number of allylic oxidation sites excluding steroid dienone is 2. The van der Waals surface area contributed by atoms with Gasteiger partial charge in [-0.25, -0.2) is 4.79 Å². The van der Waals surface area contributed by atoms with Crippen molar-refractivity contribution in [2.24, 2.45) is 10.2 Å². The molecule has 8 heteroatoms. The average Bonchev–Trinajstić information content (AvgIpc) is 3.02. The molecule has 1 aliphatic rings. The number of nitrogens with zero attached hydrogens (tertiary/aromatic N) is 3. The molecule has 0 atom stereocenters. The summed E-state index contributed by atoms with van der Waals surface area (Å²) in [5.74, 6) is -1.50. The van der Waals surface area contributed by atoms with Crippen molar-refractivity contribution in [1.29, 1.82) is 0 Å². The first-order valence-electron chi connectivity index (χ1n) is 9.02. The molecule has 1 amide bonds. The lowest BCUT2D eigenvalue weighted by Gasteiger charge is -2.12. The van der Waals surface area contributed by atoms with Gasteiger partial charge < -0.3 is 10.2 Å². The molecule has 3 rings (SSSR count). The lowest BCUT2D eigenvalue weighted by atomic mass is 10.1. The van der Waals surface area contributed by atoms with Gasteiger partial charge in [-0.15, -0.1) is 0 Å². The summed E-state index contributed by atoms with van der Waals surface area (Å²) in [5.41, 5.74) is 5.56. The third-order valence-electron chi connectivity index (χ3n) is 4.52. The average molecular weight is 404 g/mol. The molecule has 0 unspecified atom stereocenters. The molecule has 0 fully saturated rings. The summed E-state index contributed by atoms with van der Waals surface area (Å²) in [7, 11) is 0. The monoisotopic (exact) mass is 404 g/mol. The molecule has 0 radical (unpaired) electrons. The number of nitrogens with one attached hydrogen (secondary N) is 1. The molecule has 1 heterocycles. The Kier molecular flexibility index (Phi) is 5.78. The van der Waals surface area contributed by atoms with Crippen molar-refractivity contribution >= 4 is 40.8 Å². The van der Waals surface area contributed by atoms with E-state index in [2.05, 4.69) is 22.2 Å². The van der Waals surface area contributed by atoms with E-state index in [1.165, 1.54) is 24.3 Å². The van der Waals surface area contributed by atoms with E-state index in [1.54, 1.807) is 32.1 Å². The van der Waals surface area contributed by atoms with E-state index >= 15 is 0 Å². The van der Waals surface area contributed by atoms with E-state index in [9.17, 15) is 14.7 Å². The van der Waals surface area contributed by atoms with E-state index in [4.69, 9.17) is 5.11 Å². The lowest BCUT2D eigenvalue weighted by Crippen LogP contribution is -2.28. The Morgan fingerprint density at radius 2 is 1.90 bits per heavy atom. The number of amides is 1. The van der Waals surface area contributed by atoms with Gasteiger partial charge in [-0.1, -0.05) is 30.9 Å². The van der Waals surface area contributed by atoms with Gasteiger partial charge in [-0.3, -0.25) is 10.2 Å². The number of benzene rings is 2. The van der Waals surface area contributed by atoms with Gasteiger partial charge in [0.15, 0.2) is 5.71 Å². The van der Waals surface area contributed by atoms with Crippen LogP contribution in [0, 0.1) is 6.92 Å². The number of anilines is 2. The van der Waals surface area contributed by atoms with E-state index in [1.807, 2.05) is 12.1 Å². The zero-order chi connectivity index (χ0) is 21.8. The Labute approximate surface area is 173 Å². The maximum atomic E-state index is 12.7. The van der Waals surface area contributed by atoms with E-state index in [0.717, 1.165) is 10.6 Å². The highest BCUT2D eigenvalue weighted by molar-refractivity contribution is 6.71. The van der Waals surface area contributed by atoms with Crippen LogP contribution in [0.2, 0.25) is 0 Å². The van der Waals surface area contributed by atoms with Crippen molar-refractivity contribution in [2.45, 2.75) is 13.8 Å². The highest BCUT2D eigenvalue weighted by Crippen LogP contribution is 2.31. The molecule has 0 bridgehead atoms. The Balaban J connectivity index is 1.82. The standard InChI is InChI=1S/C22H20N4O4/c1-4-5-6-15-9-12-18(20(27)13(15)2)23-24-19-14(3)25-26(21(19)28)17-10-7-16(8-11-17)22(29)30/h4-12,23,27H,1H2,2-3H3,(H,29,30)/b6-5-,24-19-. The van der Waals surface area contributed by atoms with Gasteiger partial charge in [0, 0.05) is 5.56 Å². The summed E-state index contributed by atoms with van der Waals surface area (Å²) < 4.78 is 0. The summed E-state index contributed by atoms with van der Waals surface area (Å²) in [5, 5.41) is 28.9. The van der Waals surface area contributed by atoms with Crippen LogP contribution in [0.1, 0.15) is 28.4 Å². The van der Waals surface area contributed by atoms with E-state index in [0.29, 0.717) is 22.6 Å². The number of carboxylic acid groups (broad SMARTS) is 1. The number of carbonyl (C=O) groups is 2. The smallest absolute Gasteiger partial charge is 0.335 e. The predicted molar refractivity (Wildman–Crippen MR) is 117 cm³/mol. The summed E-state index contributed by atoms with van der Waals surface area (Å²) >= 11 is 0. The Morgan fingerprint density at radius 3 is 2.53 bits per heavy atom. The molecule has 8 nitrogen and oxygen atoms in total. The van der Waals surface area contributed by atoms with Crippen LogP contribution < -0.4 is 10.4 Å². The van der Waals surface area contributed by atoms with Crippen molar-refractivity contribution in [1.82, 2.24) is 0 Å². The minimum absolute atomic E-state index is 0.0201. The summed E-state index contributed by atoms with van der Waals surface area (Å²) in [6.45, 7) is 7.03. The lowest BCUT2D eigenvalue weighted by molar-refractivity contribution is -0.112. The van der Waals surface area contributed by atoms with Crippen LogP contribution in [0.25, 0.3) is 6.08 Å². The Bertz CT molecular complexity index is 1110. The number of phenolic OH excluding ortho intramolecular Hbond substituents is 1. The highest BCUT2D eigenvalue weighted by atomic mass is 16.4. The maximum Gasteiger partial charge on any atom is 0.335 e. The molecule has 30 heavy (non-hydrogen) atoms. The molecule has 2 aromatic rings. The third kappa shape index (κ3) is 3.97. The van der Waals surface area contributed by atoms with Crippen molar-refractivity contribution in [3.63, 3.8) is 0 Å². The number of carbonyl (C=O) groups excluding carboxylic acids is 1. The first-order chi connectivity index (χ1) is 14.3. The fourth-order valence-corrected chi connectivity index (χ4v) is 2.82. The van der Waals surface area contributed by atoms with Gasteiger partial charge in [0.05, 0.1) is 22.6 Å². The molecule has 0 saturated carbocycles. The SMILES string of the molecule is C=C/C=C\c1ccc(N/N=C2\C(=O)N(c3ccc(C(=O)O)cc3)N=C2C)c(O)c1C. The van der Waals surface area contributed by atoms with Gasteiger partial charge in [0.25, 0.3) is 0 Å². The molecule has 152 valence electrons.